The molecule has 1 heterocycles. The third kappa shape index (κ3) is 3.77. The Labute approximate surface area is 162 Å². The molecule has 27 heavy (non-hydrogen) atoms. The Morgan fingerprint density at radius 1 is 0.963 bits per heavy atom. The number of hydrogen-bond donors (Lipinski definition) is 0. The lowest BCUT2D eigenvalue weighted by molar-refractivity contribution is 0.132. The lowest BCUT2D eigenvalue weighted by atomic mass is 9.87. The van der Waals surface area contributed by atoms with E-state index < -0.39 is 0 Å². The first-order valence-electron chi connectivity index (χ1n) is 9.77. The predicted molar refractivity (Wildman–Crippen MR) is 111 cm³/mol. The molecule has 1 aliphatic heterocycles. The van der Waals surface area contributed by atoms with E-state index in [0.717, 1.165) is 25.1 Å². The van der Waals surface area contributed by atoms with Crippen LogP contribution in [0.1, 0.15) is 41.3 Å². The highest BCUT2D eigenvalue weighted by molar-refractivity contribution is 5.36. The van der Waals surface area contributed by atoms with Crippen LogP contribution in [-0.2, 0) is 12.8 Å². The van der Waals surface area contributed by atoms with E-state index in [1.807, 2.05) is 6.07 Å². The average molecular weight is 357 g/mol. The zero-order valence-electron chi connectivity index (χ0n) is 16.1. The largest absolute Gasteiger partial charge is 0.497 e. The van der Waals surface area contributed by atoms with Crippen LogP contribution in [0.15, 0.2) is 78.9 Å². The van der Waals surface area contributed by atoms with Gasteiger partial charge in [0.25, 0.3) is 0 Å². The van der Waals surface area contributed by atoms with Gasteiger partial charge in [0.1, 0.15) is 5.75 Å². The minimum absolute atomic E-state index is 0.372. The number of rotatable bonds is 5. The van der Waals surface area contributed by atoms with Crippen LogP contribution >= 0.6 is 0 Å². The molecule has 138 valence electrons. The summed E-state index contributed by atoms with van der Waals surface area (Å²) >= 11 is 0. The van der Waals surface area contributed by atoms with Crippen molar-refractivity contribution in [1.82, 2.24) is 4.90 Å². The highest BCUT2D eigenvalue weighted by Gasteiger charge is 2.31. The number of fused-ring (bicyclic) bond motifs is 1. The maximum atomic E-state index is 5.44. The minimum atomic E-state index is 0.372. The monoisotopic (exact) mass is 357 g/mol. The minimum Gasteiger partial charge on any atom is -0.497 e. The Bertz CT molecular complexity index is 890. The standard InChI is InChI=1S/C25H27NO/c1-19(21-10-4-3-5-11-21)26-16-15-22-12-6-7-14-24(22)25(26)18-20-9-8-13-23(17-20)27-2/h3-14,17,19,25H,15-16,18H2,1-2H3/t19-,25+/m1/s1. The molecular weight excluding hydrogens is 330 g/mol. The molecule has 2 nitrogen and oxygen atoms in total. The van der Waals surface area contributed by atoms with Gasteiger partial charge >= 0.3 is 0 Å². The van der Waals surface area contributed by atoms with Crippen LogP contribution in [0.3, 0.4) is 0 Å². The van der Waals surface area contributed by atoms with Gasteiger partial charge in [-0.05, 0) is 54.2 Å². The molecule has 0 spiro atoms. The normalized spacial score (nSPS) is 17.9. The smallest absolute Gasteiger partial charge is 0.119 e. The Balaban J connectivity index is 1.69. The molecule has 0 aromatic heterocycles. The van der Waals surface area contributed by atoms with E-state index in [1.54, 1.807) is 7.11 Å². The third-order valence-corrected chi connectivity index (χ3v) is 5.80. The van der Waals surface area contributed by atoms with E-state index in [2.05, 4.69) is 84.6 Å². The highest BCUT2D eigenvalue weighted by Crippen LogP contribution is 2.38. The van der Waals surface area contributed by atoms with E-state index in [-0.39, 0.29) is 0 Å². The van der Waals surface area contributed by atoms with Gasteiger partial charge in [0.05, 0.1) is 7.11 Å². The SMILES string of the molecule is COc1cccc(C[C@H]2c3ccccc3CCN2[C@H](C)c2ccccc2)c1. The molecule has 0 fully saturated rings. The van der Waals surface area contributed by atoms with Crippen molar-refractivity contribution < 1.29 is 4.74 Å². The zero-order valence-corrected chi connectivity index (χ0v) is 16.1. The fourth-order valence-corrected chi connectivity index (χ4v) is 4.31. The fraction of sp³-hybridized carbons (Fsp3) is 0.280. The molecule has 2 heteroatoms. The second-order valence-corrected chi connectivity index (χ2v) is 7.34. The van der Waals surface area contributed by atoms with Crippen LogP contribution in [-0.4, -0.2) is 18.6 Å². The highest BCUT2D eigenvalue weighted by atomic mass is 16.5. The van der Waals surface area contributed by atoms with Crippen LogP contribution in [0.5, 0.6) is 5.75 Å². The summed E-state index contributed by atoms with van der Waals surface area (Å²) in [7, 11) is 1.73. The first kappa shape index (κ1) is 17.8. The van der Waals surface area contributed by atoms with E-state index >= 15 is 0 Å². The molecule has 0 unspecified atom stereocenters. The molecule has 0 N–H and O–H groups in total. The lowest BCUT2D eigenvalue weighted by Crippen LogP contribution is -2.38. The van der Waals surface area contributed by atoms with Crippen LogP contribution in [0, 0.1) is 0 Å². The van der Waals surface area contributed by atoms with Crippen molar-refractivity contribution in [3.05, 3.63) is 101 Å². The Hall–Kier alpha value is -2.58. The molecule has 4 rings (SSSR count). The summed E-state index contributed by atoms with van der Waals surface area (Å²) < 4.78 is 5.44. The second-order valence-electron chi connectivity index (χ2n) is 7.34. The Morgan fingerprint density at radius 2 is 1.74 bits per heavy atom. The Kier molecular flexibility index (Phi) is 5.26. The number of nitrogens with zero attached hydrogens (tertiary/aromatic N) is 1. The molecule has 0 saturated heterocycles. The summed E-state index contributed by atoms with van der Waals surface area (Å²) in [6.07, 6.45) is 2.10. The second kappa shape index (κ2) is 7.98. The van der Waals surface area contributed by atoms with Gasteiger partial charge in [-0.25, -0.2) is 0 Å². The molecule has 0 bridgehead atoms. The molecule has 0 aliphatic carbocycles. The van der Waals surface area contributed by atoms with E-state index in [1.165, 1.54) is 22.3 Å². The van der Waals surface area contributed by atoms with Crippen molar-refractivity contribution in [1.29, 1.82) is 0 Å². The lowest BCUT2D eigenvalue weighted by Gasteiger charge is -2.41. The van der Waals surface area contributed by atoms with Gasteiger partial charge in [-0.2, -0.15) is 0 Å². The van der Waals surface area contributed by atoms with Gasteiger partial charge in [0.15, 0.2) is 0 Å². The van der Waals surface area contributed by atoms with Gasteiger partial charge in [-0.1, -0.05) is 66.7 Å². The van der Waals surface area contributed by atoms with Gasteiger partial charge in [-0.15, -0.1) is 0 Å². The number of methoxy groups -OCH3 is 1. The molecule has 2 atom stereocenters. The molecule has 1 aliphatic rings. The Morgan fingerprint density at radius 3 is 2.56 bits per heavy atom. The number of hydrogen-bond acceptors (Lipinski definition) is 2. The van der Waals surface area contributed by atoms with E-state index in [9.17, 15) is 0 Å². The number of benzene rings is 3. The first-order valence-corrected chi connectivity index (χ1v) is 9.77. The molecular formula is C25H27NO. The quantitative estimate of drug-likeness (QED) is 0.589. The topological polar surface area (TPSA) is 12.5 Å². The van der Waals surface area contributed by atoms with Gasteiger partial charge in [0, 0.05) is 18.6 Å². The fourth-order valence-electron chi connectivity index (χ4n) is 4.31. The van der Waals surface area contributed by atoms with Crippen molar-refractivity contribution in [2.24, 2.45) is 0 Å². The van der Waals surface area contributed by atoms with Crippen LogP contribution in [0.2, 0.25) is 0 Å². The maximum Gasteiger partial charge on any atom is 0.119 e. The summed E-state index contributed by atoms with van der Waals surface area (Å²) in [5.74, 6) is 0.930. The first-order chi connectivity index (χ1) is 13.3. The summed E-state index contributed by atoms with van der Waals surface area (Å²) in [5, 5.41) is 0. The maximum absolute atomic E-state index is 5.44. The predicted octanol–water partition coefficient (Wildman–Crippen LogP) is 5.60. The van der Waals surface area contributed by atoms with E-state index in [0.29, 0.717) is 12.1 Å². The zero-order chi connectivity index (χ0) is 18.6. The van der Waals surface area contributed by atoms with Crippen LogP contribution in [0.25, 0.3) is 0 Å². The van der Waals surface area contributed by atoms with Crippen LogP contribution in [0.4, 0.5) is 0 Å². The average Bonchev–Trinajstić information content (AvgIpc) is 2.74. The molecule has 0 radical (unpaired) electrons. The van der Waals surface area contributed by atoms with Crippen molar-refractivity contribution in [2.45, 2.75) is 31.8 Å². The summed E-state index contributed by atoms with van der Waals surface area (Å²) in [4.78, 5) is 2.66. The third-order valence-electron chi connectivity index (χ3n) is 5.80. The summed E-state index contributed by atoms with van der Waals surface area (Å²) in [6.45, 7) is 3.42. The van der Waals surface area contributed by atoms with Crippen molar-refractivity contribution in [3.63, 3.8) is 0 Å². The molecule has 0 saturated carbocycles. The molecule has 3 aromatic rings. The van der Waals surface area contributed by atoms with E-state index in [4.69, 9.17) is 4.74 Å². The van der Waals surface area contributed by atoms with Gasteiger partial charge in [-0.3, -0.25) is 4.90 Å². The summed E-state index contributed by atoms with van der Waals surface area (Å²) in [6, 6.07) is 29.0. The number of ether oxygens (including phenoxy) is 1. The van der Waals surface area contributed by atoms with Crippen molar-refractivity contribution >= 4 is 0 Å². The molecule has 0 amide bonds. The molecule has 3 aromatic carbocycles. The summed E-state index contributed by atoms with van der Waals surface area (Å²) in [5.41, 5.74) is 5.66. The van der Waals surface area contributed by atoms with Gasteiger partial charge in [0.2, 0.25) is 0 Å². The van der Waals surface area contributed by atoms with Gasteiger partial charge < -0.3 is 4.74 Å². The van der Waals surface area contributed by atoms with Crippen molar-refractivity contribution in [2.75, 3.05) is 13.7 Å². The van der Waals surface area contributed by atoms with Crippen molar-refractivity contribution in [3.8, 4) is 5.75 Å². The van der Waals surface area contributed by atoms with Crippen LogP contribution < -0.4 is 4.74 Å².